The van der Waals surface area contributed by atoms with Gasteiger partial charge in [0.15, 0.2) is 0 Å². The highest BCUT2D eigenvalue weighted by Gasteiger charge is 2.05. The highest BCUT2D eigenvalue weighted by molar-refractivity contribution is 7.92. The third-order valence-electron chi connectivity index (χ3n) is 1.82. The Morgan fingerprint density at radius 2 is 2.29 bits per heavy atom. The van der Waals surface area contributed by atoms with Gasteiger partial charge in [-0.05, 0) is 4.91 Å². The molecule has 4 heteroatoms. The Morgan fingerprint density at radius 3 is 2.86 bits per heavy atom. The zero-order chi connectivity index (χ0) is 9.97. The van der Waals surface area contributed by atoms with Crippen LogP contribution in [0.1, 0.15) is 5.56 Å². The molecule has 1 aliphatic rings. The van der Waals surface area contributed by atoms with Crippen molar-refractivity contribution in [3.8, 4) is 0 Å². The van der Waals surface area contributed by atoms with Crippen molar-refractivity contribution >= 4 is 23.1 Å². The average molecular weight is 206 g/mol. The lowest BCUT2D eigenvalue weighted by molar-refractivity contribution is -0.382. The van der Waals surface area contributed by atoms with Gasteiger partial charge >= 0.3 is 0 Å². The smallest absolute Gasteiger partial charge is 0.0930 e. The van der Waals surface area contributed by atoms with Crippen LogP contribution < -0.4 is 10.4 Å². The van der Waals surface area contributed by atoms with Crippen LogP contribution in [-0.2, 0) is 10.8 Å². The molecule has 1 atom stereocenters. The van der Waals surface area contributed by atoms with E-state index in [1.807, 2.05) is 0 Å². The maximum atomic E-state index is 11.3. The highest BCUT2D eigenvalue weighted by atomic mass is 32.2. The molecule has 0 spiro atoms. The largest absolute Gasteiger partial charge is 0.367 e. The molecular formula is C10H8NO2S-. The van der Waals surface area contributed by atoms with Gasteiger partial charge in [0.05, 0.1) is 11.3 Å². The van der Waals surface area contributed by atoms with Crippen molar-refractivity contribution in [2.24, 2.45) is 0 Å². The molecule has 2 rings (SSSR count). The van der Waals surface area contributed by atoms with Crippen LogP contribution >= 0.6 is 0 Å². The molecular weight excluding hydrogens is 198 g/mol. The lowest BCUT2D eigenvalue weighted by Crippen LogP contribution is -2.61. The minimum atomic E-state index is -1.08. The maximum Gasteiger partial charge on any atom is 0.0930 e. The molecule has 0 bridgehead atoms. The van der Waals surface area contributed by atoms with Gasteiger partial charge in [-0.2, -0.15) is 12.1 Å². The van der Waals surface area contributed by atoms with Crippen LogP contribution in [0.3, 0.4) is 0 Å². The molecule has 0 saturated carbocycles. The van der Waals surface area contributed by atoms with Crippen molar-refractivity contribution < 1.29 is 9.20 Å². The zero-order valence-electron chi connectivity index (χ0n) is 7.27. The maximum absolute atomic E-state index is 11.3. The fraction of sp³-hybridized carbons (Fsp3) is 0. The molecule has 0 amide bonds. The van der Waals surface area contributed by atoms with Crippen LogP contribution in [0.5, 0.6) is 0 Å². The first kappa shape index (κ1) is 9.02. The van der Waals surface area contributed by atoms with Gasteiger partial charge in [-0.25, -0.2) is 0 Å². The zero-order valence-corrected chi connectivity index (χ0v) is 8.08. The number of benzene rings is 1. The number of hydrogen-bond donors (Lipinski definition) is 1. The predicted molar refractivity (Wildman–Crippen MR) is 55.8 cm³/mol. The first-order valence-corrected chi connectivity index (χ1v) is 5.29. The summed E-state index contributed by atoms with van der Waals surface area (Å²) >= 11 is 0. The predicted octanol–water partition coefficient (Wildman–Crippen LogP) is -0.860. The van der Waals surface area contributed by atoms with Gasteiger partial charge in [-0.1, -0.05) is 0 Å². The molecule has 72 valence electrons. The van der Waals surface area contributed by atoms with E-state index in [-0.39, 0.29) is 5.43 Å². The summed E-state index contributed by atoms with van der Waals surface area (Å²) in [4.78, 5) is 14.3. The van der Waals surface area contributed by atoms with Crippen LogP contribution in [0.25, 0.3) is 6.08 Å². The van der Waals surface area contributed by atoms with E-state index >= 15 is 0 Å². The van der Waals surface area contributed by atoms with Gasteiger partial charge in [-0.3, -0.25) is 4.21 Å². The monoisotopic (exact) mass is 206 g/mol. The molecule has 1 aromatic rings. The second-order valence-corrected chi connectivity index (χ2v) is 4.14. The molecule has 1 N–H and O–H groups in total. The Morgan fingerprint density at radius 1 is 1.43 bits per heavy atom. The summed E-state index contributed by atoms with van der Waals surface area (Å²) in [5.41, 5.74) is 0.856. The lowest BCUT2D eigenvalue weighted by Gasteiger charge is -2.01. The van der Waals surface area contributed by atoms with Crippen molar-refractivity contribution in [1.82, 2.24) is 0 Å². The molecule has 1 aromatic carbocycles. The van der Waals surface area contributed by atoms with E-state index in [4.69, 9.17) is 0 Å². The summed E-state index contributed by atoms with van der Waals surface area (Å²) < 4.78 is 11.3. The van der Waals surface area contributed by atoms with Gasteiger partial charge in [0.25, 0.3) is 0 Å². The van der Waals surface area contributed by atoms with Crippen molar-refractivity contribution in [2.75, 3.05) is 0 Å². The number of rotatable bonds is 1. The summed E-state index contributed by atoms with van der Waals surface area (Å²) in [5.74, 6) is 1.51. The van der Waals surface area contributed by atoms with Crippen LogP contribution in [-0.4, -0.2) is 10.4 Å². The van der Waals surface area contributed by atoms with Gasteiger partial charge < -0.3 is 9.79 Å². The third-order valence-corrected chi connectivity index (χ3v) is 2.87. The number of hydrogen-bond acceptors (Lipinski definition) is 2. The molecule has 0 saturated heterocycles. The van der Waals surface area contributed by atoms with E-state index < -0.39 is 10.8 Å². The van der Waals surface area contributed by atoms with Crippen molar-refractivity contribution in [1.29, 1.82) is 0 Å². The molecule has 1 aliphatic heterocycles. The average Bonchev–Trinajstić information content (AvgIpc) is 2.56. The van der Waals surface area contributed by atoms with Crippen molar-refractivity contribution in [3.63, 3.8) is 0 Å². The van der Waals surface area contributed by atoms with Crippen LogP contribution in [0.2, 0.25) is 0 Å². The summed E-state index contributed by atoms with van der Waals surface area (Å²) in [6, 6.07) is 6.39. The Kier molecular flexibility index (Phi) is 2.37. The fourth-order valence-electron chi connectivity index (χ4n) is 1.13. The molecule has 3 nitrogen and oxygen atoms in total. The fourth-order valence-corrected chi connectivity index (χ4v) is 1.90. The van der Waals surface area contributed by atoms with Crippen molar-refractivity contribution in [3.05, 3.63) is 50.8 Å². The van der Waals surface area contributed by atoms with E-state index in [2.05, 4.69) is 4.99 Å². The Hall–Kier alpha value is -1.55. The van der Waals surface area contributed by atoms with Gasteiger partial charge in [0, 0.05) is 17.0 Å². The minimum Gasteiger partial charge on any atom is -0.367 e. The number of allylic oxidation sites excluding steroid dienone is 1. The summed E-state index contributed by atoms with van der Waals surface area (Å²) in [6.07, 6.45) is 3.47. The minimum absolute atomic E-state index is 0.0200. The standard InChI is InChI=1S/C10H8NO2S/c12-9-3-1-8(2-4-9)5-10-6-11-7-14(10)13/h1-7,11H/q-1. The Labute approximate surface area is 83.6 Å². The van der Waals surface area contributed by atoms with Crippen LogP contribution in [0, 0.1) is 5.88 Å². The third kappa shape index (κ3) is 1.85. The van der Waals surface area contributed by atoms with E-state index in [9.17, 15) is 9.00 Å². The van der Waals surface area contributed by atoms with Crippen LogP contribution in [0.4, 0.5) is 0 Å². The molecule has 0 aromatic heterocycles. The van der Waals surface area contributed by atoms with Crippen LogP contribution in [0.15, 0.2) is 34.0 Å². The first-order chi connectivity index (χ1) is 6.75. The molecule has 14 heavy (non-hydrogen) atoms. The Bertz CT molecular complexity index is 465. The highest BCUT2D eigenvalue weighted by Crippen LogP contribution is 2.08. The molecule has 0 fully saturated rings. The SMILES string of the molecule is O=c1ccc(C=C2C=[NH+][CH-]S2=O)c[cH-]1. The van der Waals surface area contributed by atoms with Gasteiger partial charge in [-0.15, -0.1) is 23.8 Å². The van der Waals surface area contributed by atoms with Crippen molar-refractivity contribution in [2.45, 2.75) is 0 Å². The summed E-state index contributed by atoms with van der Waals surface area (Å²) in [6.45, 7) is 0. The Balaban J connectivity index is 2.33. The second kappa shape index (κ2) is 3.67. The van der Waals surface area contributed by atoms with E-state index in [0.29, 0.717) is 4.91 Å². The molecule has 1 heterocycles. The van der Waals surface area contributed by atoms with Gasteiger partial charge in [0.1, 0.15) is 0 Å². The van der Waals surface area contributed by atoms with E-state index in [1.165, 1.54) is 18.0 Å². The molecule has 0 aliphatic carbocycles. The normalized spacial score (nSPS) is 22.6. The topological polar surface area (TPSA) is 48.1 Å². The first-order valence-electron chi connectivity index (χ1n) is 4.08. The van der Waals surface area contributed by atoms with Gasteiger partial charge in [0.2, 0.25) is 0 Å². The summed E-state index contributed by atoms with van der Waals surface area (Å²) in [5, 5.41) is 0. The van der Waals surface area contributed by atoms with E-state index in [0.717, 1.165) is 5.56 Å². The lowest BCUT2D eigenvalue weighted by atomic mass is 10.2. The van der Waals surface area contributed by atoms with E-state index in [1.54, 1.807) is 24.4 Å². The molecule has 1 unspecified atom stereocenters. The quantitative estimate of drug-likeness (QED) is 0.608. The second-order valence-electron chi connectivity index (χ2n) is 2.84. The summed E-state index contributed by atoms with van der Waals surface area (Å²) in [7, 11) is -1.08. The molecule has 0 radical (unpaired) electrons. The number of nitrogens with one attached hydrogen (secondary N) is 1.